The molecule has 5 heteroatoms. The first kappa shape index (κ1) is 15.9. The van der Waals surface area contributed by atoms with Crippen molar-refractivity contribution < 1.29 is 9.59 Å². The SMILES string of the molecule is CCN(CC)C(=O)CN(C)C(=O)C(C)CCN. The predicted octanol–water partition coefficient (Wildman–Crippen LogP) is 0.298. The van der Waals surface area contributed by atoms with Crippen molar-refractivity contribution in [1.82, 2.24) is 9.80 Å². The van der Waals surface area contributed by atoms with Crippen LogP contribution < -0.4 is 5.73 Å². The van der Waals surface area contributed by atoms with Gasteiger partial charge in [0.2, 0.25) is 11.8 Å². The standard InChI is InChI=1S/C12H25N3O2/c1-5-15(6-2)11(16)9-14(4)12(17)10(3)7-8-13/h10H,5-9,13H2,1-4H3. The van der Waals surface area contributed by atoms with Crippen LogP contribution in [0, 0.1) is 5.92 Å². The third-order valence-electron chi connectivity index (χ3n) is 2.89. The Kier molecular flexibility index (Phi) is 7.54. The molecule has 0 rings (SSSR count). The van der Waals surface area contributed by atoms with Gasteiger partial charge in [-0.05, 0) is 26.8 Å². The predicted molar refractivity (Wildman–Crippen MR) is 68.4 cm³/mol. The molecule has 0 aliphatic rings. The van der Waals surface area contributed by atoms with Crippen molar-refractivity contribution in [3.8, 4) is 0 Å². The highest BCUT2D eigenvalue weighted by molar-refractivity contribution is 5.85. The van der Waals surface area contributed by atoms with E-state index in [4.69, 9.17) is 5.73 Å². The third kappa shape index (κ3) is 5.17. The van der Waals surface area contributed by atoms with Gasteiger partial charge >= 0.3 is 0 Å². The van der Waals surface area contributed by atoms with E-state index in [1.165, 1.54) is 4.90 Å². The Morgan fingerprint density at radius 2 is 1.76 bits per heavy atom. The molecule has 100 valence electrons. The van der Waals surface area contributed by atoms with Crippen LogP contribution in [0.5, 0.6) is 0 Å². The van der Waals surface area contributed by atoms with Crippen molar-refractivity contribution in [2.45, 2.75) is 27.2 Å². The average Bonchev–Trinajstić information content (AvgIpc) is 2.29. The summed E-state index contributed by atoms with van der Waals surface area (Å²) < 4.78 is 0. The Morgan fingerprint density at radius 1 is 1.24 bits per heavy atom. The molecule has 0 aromatic rings. The van der Waals surface area contributed by atoms with Crippen molar-refractivity contribution in [2.75, 3.05) is 33.2 Å². The van der Waals surface area contributed by atoms with Gasteiger partial charge in [-0.25, -0.2) is 0 Å². The molecule has 0 aliphatic heterocycles. The second kappa shape index (κ2) is 8.06. The van der Waals surface area contributed by atoms with E-state index in [0.717, 1.165) is 0 Å². The molecule has 5 nitrogen and oxygen atoms in total. The summed E-state index contributed by atoms with van der Waals surface area (Å²) in [5.74, 6) is -0.142. The normalized spacial score (nSPS) is 12.1. The number of likely N-dealkylation sites (N-methyl/N-ethyl adjacent to an activating group) is 2. The van der Waals surface area contributed by atoms with Crippen LogP contribution >= 0.6 is 0 Å². The Balaban J connectivity index is 4.28. The average molecular weight is 243 g/mol. The first-order valence-corrected chi connectivity index (χ1v) is 6.20. The van der Waals surface area contributed by atoms with Crippen LogP contribution in [-0.2, 0) is 9.59 Å². The zero-order valence-corrected chi connectivity index (χ0v) is 11.4. The Morgan fingerprint density at radius 3 is 2.18 bits per heavy atom. The van der Waals surface area contributed by atoms with Crippen LogP contribution in [0.15, 0.2) is 0 Å². The van der Waals surface area contributed by atoms with Crippen LogP contribution in [0.4, 0.5) is 0 Å². The lowest BCUT2D eigenvalue weighted by atomic mass is 10.1. The zero-order chi connectivity index (χ0) is 13.4. The molecule has 0 aromatic carbocycles. The van der Waals surface area contributed by atoms with Crippen molar-refractivity contribution in [2.24, 2.45) is 11.7 Å². The van der Waals surface area contributed by atoms with Crippen LogP contribution in [0.1, 0.15) is 27.2 Å². The molecule has 0 fully saturated rings. The first-order chi connectivity index (χ1) is 7.97. The van der Waals surface area contributed by atoms with Crippen molar-refractivity contribution >= 4 is 11.8 Å². The summed E-state index contributed by atoms with van der Waals surface area (Å²) in [7, 11) is 1.66. The topological polar surface area (TPSA) is 66.6 Å². The van der Waals surface area contributed by atoms with Gasteiger partial charge in [-0.2, -0.15) is 0 Å². The molecule has 17 heavy (non-hydrogen) atoms. The number of hydrogen-bond acceptors (Lipinski definition) is 3. The maximum Gasteiger partial charge on any atom is 0.242 e. The van der Waals surface area contributed by atoms with Gasteiger partial charge in [0.05, 0.1) is 6.54 Å². The quantitative estimate of drug-likeness (QED) is 0.699. The minimum atomic E-state index is -0.116. The number of carbonyl (C=O) groups is 2. The smallest absolute Gasteiger partial charge is 0.242 e. The molecule has 0 bridgehead atoms. The molecule has 2 amide bonds. The maximum absolute atomic E-state index is 11.9. The number of carbonyl (C=O) groups excluding carboxylic acids is 2. The van der Waals surface area contributed by atoms with Crippen LogP contribution in [0.2, 0.25) is 0 Å². The van der Waals surface area contributed by atoms with Gasteiger partial charge in [-0.3, -0.25) is 9.59 Å². The van der Waals surface area contributed by atoms with Crippen LogP contribution in [0.3, 0.4) is 0 Å². The molecule has 0 aromatic heterocycles. The van der Waals surface area contributed by atoms with Gasteiger partial charge in [-0.15, -0.1) is 0 Å². The molecule has 0 saturated carbocycles. The van der Waals surface area contributed by atoms with Gasteiger partial charge < -0.3 is 15.5 Å². The van der Waals surface area contributed by atoms with Gasteiger partial charge in [-0.1, -0.05) is 6.92 Å². The van der Waals surface area contributed by atoms with E-state index < -0.39 is 0 Å². The lowest BCUT2D eigenvalue weighted by Crippen LogP contribution is -2.42. The molecule has 0 heterocycles. The number of hydrogen-bond donors (Lipinski definition) is 1. The van der Waals surface area contributed by atoms with Crippen LogP contribution in [-0.4, -0.2) is 54.8 Å². The summed E-state index contributed by atoms with van der Waals surface area (Å²) in [4.78, 5) is 26.9. The fraction of sp³-hybridized carbons (Fsp3) is 0.833. The summed E-state index contributed by atoms with van der Waals surface area (Å²) in [6.45, 7) is 7.69. The monoisotopic (exact) mass is 243 g/mol. The fourth-order valence-corrected chi connectivity index (χ4v) is 1.71. The molecular formula is C12H25N3O2. The fourth-order valence-electron chi connectivity index (χ4n) is 1.71. The second-order valence-electron chi connectivity index (χ2n) is 4.24. The van der Waals surface area contributed by atoms with E-state index in [2.05, 4.69) is 0 Å². The highest BCUT2D eigenvalue weighted by Gasteiger charge is 2.20. The van der Waals surface area contributed by atoms with Crippen molar-refractivity contribution in [3.63, 3.8) is 0 Å². The van der Waals surface area contributed by atoms with Crippen molar-refractivity contribution in [1.29, 1.82) is 0 Å². The highest BCUT2D eigenvalue weighted by Crippen LogP contribution is 2.05. The largest absolute Gasteiger partial charge is 0.342 e. The summed E-state index contributed by atoms with van der Waals surface area (Å²) in [5, 5.41) is 0. The minimum Gasteiger partial charge on any atom is -0.342 e. The molecule has 0 aliphatic carbocycles. The zero-order valence-electron chi connectivity index (χ0n) is 11.4. The maximum atomic E-state index is 11.9. The number of nitrogens with two attached hydrogens (primary N) is 1. The molecular weight excluding hydrogens is 218 g/mol. The van der Waals surface area contributed by atoms with E-state index in [-0.39, 0.29) is 24.3 Å². The van der Waals surface area contributed by atoms with Gasteiger partial charge in [0.1, 0.15) is 0 Å². The highest BCUT2D eigenvalue weighted by atomic mass is 16.2. The van der Waals surface area contributed by atoms with Crippen molar-refractivity contribution in [3.05, 3.63) is 0 Å². The Bertz CT molecular complexity index is 252. The van der Waals surface area contributed by atoms with Gasteiger partial charge in [0.25, 0.3) is 0 Å². The van der Waals surface area contributed by atoms with Gasteiger partial charge in [0, 0.05) is 26.1 Å². The molecule has 0 saturated heterocycles. The van der Waals surface area contributed by atoms with Crippen LogP contribution in [0.25, 0.3) is 0 Å². The second-order valence-corrected chi connectivity index (χ2v) is 4.24. The summed E-state index contributed by atoms with van der Waals surface area (Å²) in [5.41, 5.74) is 5.41. The lowest BCUT2D eigenvalue weighted by molar-refractivity contribution is -0.141. The summed E-state index contributed by atoms with van der Waals surface area (Å²) in [6.07, 6.45) is 0.655. The van der Waals surface area contributed by atoms with E-state index in [1.54, 1.807) is 11.9 Å². The summed E-state index contributed by atoms with van der Waals surface area (Å²) >= 11 is 0. The van der Waals surface area contributed by atoms with E-state index in [9.17, 15) is 9.59 Å². The number of nitrogens with zero attached hydrogens (tertiary/aromatic N) is 2. The Hall–Kier alpha value is -1.10. The first-order valence-electron chi connectivity index (χ1n) is 6.20. The lowest BCUT2D eigenvalue weighted by Gasteiger charge is -2.25. The molecule has 1 atom stereocenters. The number of rotatable bonds is 7. The third-order valence-corrected chi connectivity index (χ3v) is 2.89. The molecule has 2 N–H and O–H groups in total. The minimum absolute atomic E-state index is 0.00852. The molecule has 0 radical (unpaired) electrons. The molecule has 1 unspecified atom stereocenters. The molecule has 0 spiro atoms. The van der Waals surface area contributed by atoms with E-state index in [0.29, 0.717) is 26.1 Å². The van der Waals surface area contributed by atoms with E-state index >= 15 is 0 Å². The van der Waals surface area contributed by atoms with E-state index in [1.807, 2.05) is 20.8 Å². The Labute approximate surface area is 104 Å². The van der Waals surface area contributed by atoms with Gasteiger partial charge in [0.15, 0.2) is 0 Å². The summed E-state index contributed by atoms with van der Waals surface area (Å²) in [6, 6.07) is 0. The number of amides is 2.